The van der Waals surface area contributed by atoms with Crippen LogP contribution in [-0.2, 0) is 22.9 Å². The Morgan fingerprint density at radius 1 is 1.06 bits per heavy atom. The number of aliphatic imine (C=N–C) groups is 1. The molecule has 1 aliphatic rings. The van der Waals surface area contributed by atoms with Crippen molar-refractivity contribution < 1.29 is 8.42 Å². The molecule has 9 heteroatoms. The molecule has 1 saturated heterocycles. The largest absolute Gasteiger partial charge is 0.354 e. The van der Waals surface area contributed by atoms with Gasteiger partial charge in [-0.2, -0.15) is 0 Å². The summed E-state index contributed by atoms with van der Waals surface area (Å²) in [6, 6.07) is 9.53. The summed E-state index contributed by atoms with van der Waals surface area (Å²) in [6.45, 7) is 7.09. The number of benzene rings is 1. The van der Waals surface area contributed by atoms with Crippen molar-refractivity contribution in [1.82, 2.24) is 20.5 Å². The van der Waals surface area contributed by atoms with Crippen molar-refractivity contribution in [3.63, 3.8) is 0 Å². The molecule has 1 fully saturated rings. The SMILES string of the molecule is CN=C(NCc1ccc(N2CCN(C)CC2)nc1)NCc1ccc(S(C)(=O)=O)c(C)c1. The minimum Gasteiger partial charge on any atom is -0.354 e. The summed E-state index contributed by atoms with van der Waals surface area (Å²) < 4.78 is 23.5. The fraction of sp³-hybridized carbons (Fsp3) is 0.455. The van der Waals surface area contributed by atoms with E-state index < -0.39 is 9.84 Å². The Balaban J connectivity index is 1.51. The van der Waals surface area contributed by atoms with Gasteiger partial charge in [-0.1, -0.05) is 18.2 Å². The van der Waals surface area contributed by atoms with Crippen molar-refractivity contribution in [3.8, 4) is 0 Å². The molecule has 0 amide bonds. The van der Waals surface area contributed by atoms with Crippen LogP contribution in [0, 0.1) is 6.92 Å². The van der Waals surface area contributed by atoms with Gasteiger partial charge in [-0.3, -0.25) is 4.99 Å². The molecule has 1 aromatic carbocycles. The van der Waals surface area contributed by atoms with Crippen molar-refractivity contribution in [2.75, 3.05) is 51.4 Å². The number of guanidine groups is 1. The van der Waals surface area contributed by atoms with Crippen LogP contribution in [0.1, 0.15) is 16.7 Å². The fourth-order valence-electron chi connectivity index (χ4n) is 3.57. The summed E-state index contributed by atoms with van der Waals surface area (Å²) in [5, 5.41) is 6.56. The number of piperazine rings is 1. The third kappa shape index (κ3) is 6.41. The third-order valence-electron chi connectivity index (χ3n) is 5.42. The average molecular weight is 445 g/mol. The predicted octanol–water partition coefficient (Wildman–Crippen LogP) is 1.41. The van der Waals surface area contributed by atoms with E-state index >= 15 is 0 Å². The highest BCUT2D eigenvalue weighted by Crippen LogP contribution is 2.17. The van der Waals surface area contributed by atoms with Crippen LogP contribution in [0.4, 0.5) is 5.82 Å². The number of aryl methyl sites for hydroxylation is 1. The zero-order valence-corrected chi connectivity index (χ0v) is 19.5. The molecule has 0 atom stereocenters. The number of anilines is 1. The van der Waals surface area contributed by atoms with Gasteiger partial charge in [0.25, 0.3) is 0 Å². The molecule has 0 unspecified atom stereocenters. The molecule has 0 saturated carbocycles. The van der Waals surface area contributed by atoms with Crippen molar-refractivity contribution in [1.29, 1.82) is 0 Å². The van der Waals surface area contributed by atoms with E-state index in [0.717, 1.165) is 48.7 Å². The lowest BCUT2D eigenvalue weighted by molar-refractivity contribution is 0.312. The number of rotatable bonds is 6. The molecular formula is C22H32N6O2S. The molecule has 0 aliphatic carbocycles. The first-order chi connectivity index (χ1) is 14.8. The maximum atomic E-state index is 11.8. The van der Waals surface area contributed by atoms with E-state index in [0.29, 0.717) is 23.9 Å². The maximum Gasteiger partial charge on any atom is 0.191 e. The number of nitrogens with zero attached hydrogens (tertiary/aromatic N) is 4. The Kier molecular flexibility index (Phi) is 7.50. The second kappa shape index (κ2) is 10.1. The highest BCUT2D eigenvalue weighted by molar-refractivity contribution is 7.90. The highest BCUT2D eigenvalue weighted by atomic mass is 32.2. The zero-order valence-electron chi connectivity index (χ0n) is 18.7. The van der Waals surface area contributed by atoms with Gasteiger partial charge in [0, 0.05) is 58.8 Å². The van der Waals surface area contributed by atoms with Crippen LogP contribution in [0.2, 0.25) is 0 Å². The Morgan fingerprint density at radius 2 is 1.71 bits per heavy atom. The van der Waals surface area contributed by atoms with E-state index in [9.17, 15) is 8.42 Å². The summed E-state index contributed by atoms with van der Waals surface area (Å²) in [4.78, 5) is 13.9. The van der Waals surface area contributed by atoms with Crippen molar-refractivity contribution in [2.24, 2.45) is 4.99 Å². The predicted molar refractivity (Wildman–Crippen MR) is 125 cm³/mol. The first-order valence-corrected chi connectivity index (χ1v) is 12.3. The summed E-state index contributed by atoms with van der Waals surface area (Å²) in [7, 11) is 0.663. The van der Waals surface area contributed by atoms with Crippen LogP contribution < -0.4 is 15.5 Å². The van der Waals surface area contributed by atoms with Crippen LogP contribution in [0.3, 0.4) is 0 Å². The van der Waals surface area contributed by atoms with Gasteiger partial charge < -0.3 is 20.4 Å². The molecule has 1 aliphatic heterocycles. The minimum atomic E-state index is -3.21. The molecule has 168 valence electrons. The lowest BCUT2D eigenvalue weighted by Gasteiger charge is -2.33. The number of pyridine rings is 1. The van der Waals surface area contributed by atoms with Crippen LogP contribution >= 0.6 is 0 Å². The molecule has 31 heavy (non-hydrogen) atoms. The molecule has 0 spiro atoms. The van der Waals surface area contributed by atoms with E-state index in [4.69, 9.17) is 0 Å². The van der Waals surface area contributed by atoms with Crippen LogP contribution in [0.5, 0.6) is 0 Å². The zero-order chi connectivity index (χ0) is 22.4. The number of likely N-dealkylation sites (N-methyl/N-ethyl adjacent to an activating group) is 1. The number of hydrogen-bond acceptors (Lipinski definition) is 6. The number of sulfone groups is 1. The van der Waals surface area contributed by atoms with Crippen molar-refractivity contribution in [3.05, 3.63) is 53.2 Å². The standard InChI is InChI=1S/C22H32N6O2S/c1-17-13-18(5-7-20(17)31(4,29)30)14-25-22(23-2)26-16-19-6-8-21(24-15-19)28-11-9-27(3)10-12-28/h5-8,13,15H,9-12,14,16H2,1-4H3,(H2,23,25,26). The van der Waals surface area contributed by atoms with Gasteiger partial charge >= 0.3 is 0 Å². The number of aromatic nitrogens is 1. The van der Waals surface area contributed by atoms with Gasteiger partial charge in [0.1, 0.15) is 5.82 Å². The van der Waals surface area contributed by atoms with E-state index in [1.54, 1.807) is 13.1 Å². The van der Waals surface area contributed by atoms with E-state index in [-0.39, 0.29) is 0 Å². The highest BCUT2D eigenvalue weighted by Gasteiger charge is 2.15. The lowest BCUT2D eigenvalue weighted by Crippen LogP contribution is -2.44. The van der Waals surface area contributed by atoms with Crippen molar-refractivity contribution >= 4 is 21.6 Å². The molecule has 2 aromatic rings. The molecular weight excluding hydrogens is 412 g/mol. The van der Waals surface area contributed by atoms with Gasteiger partial charge in [0.05, 0.1) is 4.90 Å². The monoisotopic (exact) mass is 444 g/mol. The van der Waals surface area contributed by atoms with Crippen LogP contribution in [0.15, 0.2) is 46.4 Å². The van der Waals surface area contributed by atoms with Gasteiger partial charge in [-0.15, -0.1) is 0 Å². The Labute approximate surface area is 185 Å². The van der Waals surface area contributed by atoms with Crippen LogP contribution in [-0.4, -0.2) is 70.8 Å². The fourth-order valence-corrected chi connectivity index (χ4v) is 4.53. The van der Waals surface area contributed by atoms with Crippen molar-refractivity contribution in [2.45, 2.75) is 24.9 Å². The summed E-state index contributed by atoms with van der Waals surface area (Å²) in [5.74, 6) is 1.69. The first kappa shape index (κ1) is 23.0. The van der Waals surface area contributed by atoms with Crippen LogP contribution in [0.25, 0.3) is 0 Å². The summed E-state index contributed by atoms with van der Waals surface area (Å²) in [5.41, 5.74) is 2.82. The second-order valence-corrected chi connectivity index (χ2v) is 9.95. The first-order valence-electron chi connectivity index (χ1n) is 10.4. The Hall–Kier alpha value is -2.65. The van der Waals surface area contributed by atoms with E-state index in [1.807, 2.05) is 25.3 Å². The van der Waals surface area contributed by atoms with Gasteiger partial charge in [0.15, 0.2) is 15.8 Å². The average Bonchev–Trinajstić information content (AvgIpc) is 2.74. The maximum absolute atomic E-state index is 11.8. The van der Waals surface area contributed by atoms with Gasteiger partial charge in [-0.05, 0) is 42.8 Å². The minimum absolute atomic E-state index is 0.367. The van der Waals surface area contributed by atoms with E-state index in [1.165, 1.54) is 6.26 Å². The Morgan fingerprint density at radius 3 is 2.26 bits per heavy atom. The quantitative estimate of drug-likeness (QED) is 0.514. The van der Waals surface area contributed by atoms with Gasteiger partial charge in [-0.25, -0.2) is 13.4 Å². The molecule has 2 N–H and O–H groups in total. The molecule has 8 nitrogen and oxygen atoms in total. The molecule has 2 heterocycles. The third-order valence-corrected chi connectivity index (χ3v) is 6.68. The molecule has 3 rings (SSSR count). The lowest BCUT2D eigenvalue weighted by atomic mass is 10.1. The normalized spacial score (nSPS) is 15.7. The van der Waals surface area contributed by atoms with E-state index in [2.05, 4.69) is 49.6 Å². The molecule has 0 radical (unpaired) electrons. The molecule has 0 bridgehead atoms. The van der Waals surface area contributed by atoms with Gasteiger partial charge in [0.2, 0.25) is 0 Å². The second-order valence-electron chi connectivity index (χ2n) is 7.97. The summed E-state index contributed by atoms with van der Waals surface area (Å²) in [6.07, 6.45) is 3.13. The number of hydrogen-bond donors (Lipinski definition) is 2. The number of nitrogens with one attached hydrogen (secondary N) is 2. The summed E-state index contributed by atoms with van der Waals surface area (Å²) >= 11 is 0. The smallest absolute Gasteiger partial charge is 0.191 e. The molecule has 1 aromatic heterocycles. The topological polar surface area (TPSA) is 89.9 Å². The Bertz CT molecular complexity index is 1010.